The van der Waals surface area contributed by atoms with Crippen LogP contribution in [0.1, 0.15) is 17.2 Å². The number of benzene rings is 2. The molecule has 18 heavy (non-hydrogen) atoms. The Kier molecular flexibility index (Phi) is 3.26. The van der Waals surface area contributed by atoms with Crippen LogP contribution < -0.4 is 0 Å². The van der Waals surface area contributed by atoms with Crippen LogP contribution >= 0.6 is 0 Å². The van der Waals surface area contributed by atoms with Gasteiger partial charge in [0.1, 0.15) is 0 Å². The van der Waals surface area contributed by atoms with Gasteiger partial charge < -0.3 is 8.85 Å². The summed E-state index contributed by atoms with van der Waals surface area (Å²) in [6.45, 7) is 0. The molecule has 1 aliphatic rings. The number of hydrogen-bond acceptors (Lipinski definition) is 1. The summed E-state index contributed by atoms with van der Waals surface area (Å²) >= 11 is 0. The van der Waals surface area contributed by atoms with Crippen molar-refractivity contribution < 1.29 is 8.85 Å². The molecule has 0 aromatic heterocycles. The molecular weight excluding hydrogens is 240 g/mol. The highest BCUT2D eigenvalue weighted by Gasteiger charge is 2.16. The molecule has 90 valence electrons. The van der Waals surface area contributed by atoms with Crippen LogP contribution in [0.15, 0.2) is 66.7 Å². The van der Waals surface area contributed by atoms with Crippen LogP contribution in [0.2, 0.25) is 0 Å². The molecule has 0 bridgehead atoms. The predicted octanol–water partition coefficient (Wildman–Crippen LogP) is 2.59. The summed E-state index contributed by atoms with van der Waals surface area (Å²) in [5.74, 6) is 0.953. The lowest BCUT2D eigenvalue weighted by atomic mass is 10.1. The molecule has 0 aliphatic carbocycles. The van der Waals surface area contributed by atoms with Crippen molar-refractivity contribution in [2.75, 3.05) is 0 Å². The van der Waals surface area contributed by atoms with E-state index in [1.54, 1.807) is 0 Å². The van der Waals surface area contributed by atoms with Crippen molar-refractivity contribution in [3.05, 3.63) is 77.9 Å². The standard InChI is InChI=1S/C15H14O2Si/c1-3-7-12(8-4-1)14-11-15(17-18-16-14)13-9-5-2-6-10-13/h1-11,14,16,18H. The molecule has 0 spiro atoms. The van der Waals surface area contributed by atoms with Gasteiger partial charge in [-0.15, -0.1) is 0 Å². The maximum Gasteiger partial charge on any atom is 0.368 e. The highest BCUT2D eigenvalue weighted by Crippen LogP contribution is 2.26. The predicted molar refractivity (Wildman–Crippen MR) is 74.1 cm³/mol. The molecule has 1 heterocycles. The molecule has 1 aliphatic heterocycles. The van der Waals surface area contributed by atoms with Crippen molar-refractivity contribution in [1.29, 1.82) is 0 Å². The third kappa shape index (κ3) is 2.37. The van der Waals surface area contributed by atoms with Crippen molar-refractivity contribution in [3.63, 3.8) is 0 Å². The van der Waals surface area contributed by atoms with Gasteiger partial charge in [0, 0.05) is 17.2 Å². The van der Waals surface area contributed by atoms with E-state index in [4.69, 9.17) is 4.43 Å². The molecule has 1 atom stereocenters. The van der Waals surface area contributed by atoms with Gasteiger partial charge in [-0.3, -0.25) is 0 Å². The quantitative estimate of drug-likeness (QED) is 0.596. The molecular formula is C15H14O2Si. The van der Waals surface area contributed by atoms with Gasteiger partial charge in [0.25, 0.3) is 0 Å². The smallest absolute Gasteiger partial charge is 0.368 e. The fourth-order valence-corrected chi connectivity index (χ4v) is 2.76. The largest absolute Gasteiger partial charge is 0.648 e. The monoisotopic (exact) mass is 254 g/mol. The minimum Gasteiger partial charge on any atom is -0.648 e. The summed E-state index contributed by atoms with van der Waals surface area (Å²) in [6.07, 6.45) is 2.23. The number of hydrogen-bond donors (Lipinski definition) is 0. The second-order valence-electron chi connectivity index (χ2n) is 4.12. The first-order chi connectivity index (χ1) is 8.93. The second kappa shape index (κ2) is 5.21. The first-order valence-corrected chi connectivity index (χ1v) is 6.93. The average Bonchev–Trinajstić information content (AvgIpc) is 2.49. The molecule has 0 fully saturated rings. The van der Waals surface area contributed by atoms with Gasteiger partial charge in [-0.25, -0.2) is 0 Å². The Bertz CT molecular complexity index is 537. The number of aliphatic hydroxyl groups is 1. The third-order valence-electron chi connectivity index (χ3n) is 2.91. The van der Waals surface area contributed by atoms with Crippen LogP contribution in [-0.4, -0.2) is 14.4 Å². The molecule has 1 N–H and O–H groups in total. The van der Waals surface area contributed by atoms with Gasteiger partial charge >= 0.3 is 10.0 Å². The summed E-state index contributed by atoms with van der Waals surface area (Å²) in [4.78, 5) is 0. The topological polar surface area (TPSA) is 22.0 Å². The maximum absolute atomic E-state index is 5.69. The molecule has 0 amide bonds. The van der Waals surface area contributed by atoms with E-state index in [1.807, 2.05) is 36.4 Å². The van der Waals surface area contributed by atoms with E-state index in [1.165, 1.54) is 5.56 Å². The van der Waals surface area contributed by atoms with Crippen molar-refractivity contribution in [3.8, 4) is 0 Å². The molecule has 3 rings (SSSR count). The van der Waals surface area contributed by atoms with Gasteiger partial charge in [-0.1, -0.05) is 60.7 Å². The fraction of sp³-hybridized carbons (Fsp3) is 0.0667. The summed E-state index contributed by atoms with van der Waals surface area (Å²) in [5.41, 5.74) is 2.35. The molecule has 3 heteroatoms. The van der Waals surface area contributed by atoms with Gasteiger partial charge in [-0.05, 0) is 0 Å². The van der Waals surface area contributed by atoms with Gasteiger partial charge in [0.2, 0.25) is 0 Å². The summed E-state index contributed by atoms with van der Waals surface area (Å²) < 4.78 is 10.3. The molecule has 1 unspecified atom stereocenters. The zero-order chi connectivity index (χ0) is 12.2. The van der Waals surface area contributed by atoms with Gasteiger partial charge in [0.05, 0.1) is 5.76 Å². The van der Waals surface area contributed by atoms with Crippen molar-refractivity contribution in [2.24, 2.45) is 0 Å². The summed E-state index contributed by atoms with van der Waals surface area (Å²) in [6, 6.07) is 20.5. The second-order valence-corrected chi connectivity index (χ2v) is 4.87. The van der Waals surface area contributed by atoms with Crippen molar-refractivity contribution in [2.45, 2.75) is 6.10 Å². The first-order valence-electron chi connectivity index (χ1n) is 5.94. The molecule has 0 saturated carbocycles. The molecule has 0 saturated heterocycles. The van der Waals surface area contributed by atoms with Crippen LogP contribution in [-0.2, 0) is 4.43 Å². The highest BCUT2D eigenvalue weighted by molar-refractivity contribution is 6.20. The third-order valence-corrected chi connectivity index (χ3v) is 3.71. The Labute approximate surface area is 109 Å². The lowest BCUT2D eigenvalue weighted by Crippen LogP contribution is -2.19. The Morgan fingerprint density at radius 3 is 2.28 bits per heavy atom. The van der Waals surface area contributed by atoms with E-state index in [0.717, 1.165) is 11.3 Å². The van der Waals surface area contributed by atoms with E-state index >= 15 is 0 Å². The van der Waals surface area contributed by atoms with E-state index < -0.39 is 0 Å². The van der Waals surface area contributed by atoms with Crippen LogP contribution in [0.3, 0.4) is 0 Å². The van der Waals surface area contributed by atoms with Gasteiger partial charge in [-0.2, -0.15) is 0 Å². The Balaban J connectivity index is 1.91. The minimum atomic E-state index is -0.324. The lowest BCUT2D eigenvalue weighted by Gasteiger charge is -2.28. The first kappa shape index (κ1) is 11.3. The Morgan fingerprint density at radius 1 is 0.889 bits per heavy atom. The fourth-order valence-electron chi connectivity index (χ4n) is 1.98. The van der Waals surface area contributed by atoms with Crippen molar-refractivity contribution in [1.82, 2.24) is 0 Å². The minimum absolute atomic E-state index is 0.130. The molecule has 0 radical (unpaired) electrons. The Morgan fingerprint density at radius 2 is 1.56 bits per heavy atom. The normalized spacial score (nSPS) is 18.9. The SMILES string of the molecule is C1=C(c2ccccc2)O[SiH-][OH+]C1c1ccccc1. The van der Waals surface area contributed by atoms with Crippen molar-refractivity contribution >= 4 is 15.8 Å². The maximum atomic E-state index is 5.69. The van der Waals surface area contributed by atoms with E-state index in [2.05, 4.69) is 34.8 Å². The highest BCUT2D eigenvalue weighted by atomic mass is 28.3. The summed E-state index contributed by atoms with van der Waals surface area (Å²) in [7, 11) is -0.324. The van der Waals surface area contributed by atoms with Crippen LogP contribution in [0, 0.1) is 0 Å². The number of rotatable bonds is 2. The van der Waals surface area contributed by atoms with E-state index in [9.17, 15) is 0 Å². The summed E-state index contributed by atoms with van der Waals surface area (Å²) in [5, 5.41) is 0. The van der Waals surface area contributed by atoms with E-state index in [0.29, 0.717) is 0 Å². The zero-order valence-electron chi connectivity index (χ0n) is 9.86. The van der Waals surface area contributed by atoms with Crippen LogP contribution in [0.4, 0.5) is 0 Å². The lowest BCUT2D eigenvalue weighted by molar-refractivity contribution is 0.0526. The average molecular weight is 254 g/mol. The van der Waals surface area contributed by atoms with Crippen LogP contribution in [0.25, 0.3) is 5.76 Å². The van der Waals surface area contributed by atoms with E-state index in [-0.39, 0.29) is 16.1 Å². The molecule has 2 aromatic rings. The Hall–Kier alpha value is -1.84. The van der Waals surface area contributed by atoms with Crippen LogP contribution in [0.5, 0.6) is 0 Å². The molecule has 2 nitrogen and oxygen atoms in total. The zero-order valence-corrected chi connectivity index (χ0v) is 11.0. The van der Waals surface area contributed by atoms with Gasteiger partial charge in [0.15, 0.2) is 6.10 Å². The molecule has 2 aromatic carbocycles.